The normalized spacial score (nSPS) is 14.2. The van der Waals surface area contributed by atoms with Crippen LogP contribution in [0.4, 0.5) is 5.69 Å². The third kappa shape index (κ3) is 4.09. The van der Waals surface area contributed by atoms with Gasteiger partial charge in [0.1, 0.15) is 0 Å². The van der Waals surface area contributed by atoms with E-state index in [1.165, 1.54) is 6.07 Å². The average Bonchev–Trinajstić information content (AvgIpc) is 2.38. The highest BCUT2D eigenvalue weighted by atomic mass is 16.6. The fourth-order valence-corrected chi connectivity index (χ4v) is 1.89. The van der Waals surface area contributed by atoms with Crippen LogP contribution in [0.5, 0.6) is 0 Å². The van der Waals surface area contributed by atoms with Gasteiger partial charge in [0.05, 0.1) is 11.5 Å². The Bertz CT molecular complexity index is 396. The fraction of sp³-hybridized carbons (Fsp3) is 0.538. The summed E-state index contributed by atoms with van der Waals surface area (Å²) in [5.41, 5.74) is 0.999. The summed E-state index contributed by atoms with van der Waals surface area (Å²) in [7, 11) is 0. The van der Waals surface area contributed by atoms with Gasteiger partial charge < -0.3 is 10.4 Å². The number of nitro groups is 1. The Balaban J connectivity index is 2.90. The summed E-state index contributed by atoms with van der Waals surface area (Å²) in [5, 5.41) is 23.1. The number of aliphatic hydroxyl groups is 1. The minimum atomic E-state index is -0.387. The van der Waals surface area contributed by atoms with Gasteiger partial charge in [-0.25, -0.2) is 0 Å². The van der Waals surface area contributed by atoms with Gasteiger partial charge in [0.25, 0.3) is 5.69 Å². The second-order valence-electron chi connectivity index (χ2n) is 4.44. The molecule has 18 heavy (non-hydrogen) atoms. The van der Waals surface area contributed by atoms with Crippen molar-refractivity contribution in [3.63, 3.8) is 0 Å². The van der Waals surface area contributed by atoms with Crippen LogP contribution in [0.15, 0.2) is 24.3 Å². The first kappa shape index (κ1) is 14.6. The minimum absolute atomic E-state index is 0.0270. The van der Waals surface area contributed by atoms with Gasteiger partial charge in [0, 0.05) is 24.2 Å². The number of rotatable bonds is 7. The number of hydrogen-bond acceptors (Lipinski definition) is 4. The zero-order chi connectivity index (χ0) is 13.5. The lowest BCUT2D eigenvalue weighted by molar-refractivity contribution is -0.384. The van der Waals surface area contributed by atoms with E-state index in [0.29, 0.717) is 0 Å². The van der Waals surface area contributed by atoms with Crippen LogP contribution in [0.2, 0.25) is 0 Å². The van der Waals surface area contributed by atoms with Crippen molar-refractivity contribution >= 4 is 5.69 Å². The van der Waals surface area contributed by atoms with Crippen molar-refractivity contribution in [2.75, 3.05) is 6.61 Å². The monoisotopic (exact) mass is 252 g/mol. The van der Waals surface area contributed by atoms with Gasteiger partial charge in [-0.05, 0) is 18.9 Å². The van der Waals surface area contributed by atoms with E-state index >= 15 is 0 Å². The predicted molar refractivity (Wildman–Crippen MR) is 70.4 cm³/mol. The molecule has 0 amide bonds. The zero-order valence-corrected chi connectivity index (χ0v) is 10.8. The number of nitro benzene ring substituents is 1. The molecular formula is C13H20N2O3. The molecule has 0 aliphatic rings. The Morgan fingerprint density at radius 3 is 2.78 bits per heavy atom. The van der Waals surface area contributed by atoms with Crippen LogP contribution < -0.4 is 5.32 Å². The SMILES string of the molecule is CCCC(NC(C)CO)c1cccc([N+](=O)[O-])c1. The van der Waals surface area contributed by atoms with E-state index < -0.39 is 0 Å². The molecule has 0 saturated carbocycles. The number of aliphatic hydroxyl groups excluding tert-OH is 1. The van der Waals surface area contributed by atoms with E-state index in [1.54, 1.807) is 12.1 Å². The summed E-state index contributed by atoms with van der Waals surface area (Å²) in [4.78, 5) is 10.4. The average molecular weight is 252 g/mol. The molecule has 2 unspecified atom stereocenters. The van der Waals surface area contributed by atoms with Crippen molar-refractivity contribution in [1.82, 2.24) is 5.32 Å². The Morgan fingerprint density at radius 2 is 2.22 bits per heavy atom. The quantitative estimate of drug-likeness (QED) is 0.577. The molecule has 2 N–H and O–H groups in total. The van der Waals surface area contributed by atoms with Crippen molar-refractivity contribution < 1.29 is 10.0 Å². The predicted octanol–water partition coefficient (Wildman–Crippen LogP) is 2.41. The van der Waals surface area contributed by atoms with Crippen LogP contribution in [0, 0.1) is 10.1 Å². The van der Waals surface area contributed by atoms with Crippen LogP contribution in [0.25, 0.3) is 0 Å². The number of non-ortho nitro benzene ring substituents is 1. The minimum Gasteiger partial charge on any atom is -0.395 e. The second kappa shape index (κ2) is 7.08. The standard InChI is InChI=1S/C13H20N2O3/c1-3-5-13(14-10(2)9-16)11-6-4-7-12(8-11)15(17)18/h4,6-8,10,13-14,16H,3,5,9H2,1-2H3. The molecule has 100 valence electrons. The Hall–Kier alpha value is -1.46. The lowest BCUT2D eigenvalue weighted by Gasteiger charge is -2.22. The van der Waals surface area contributed by atoms with Crippen molar-refractivity contribution in [2.24, 2.45) is 0 Å². The summed E-state index contributed by atoms with van der Waals surface area (Å²) in [5.74, 6) is 0. The largest absolute Gasteiger partial charge is 0.395 e. The molecule has 1 aromatic carbocycles. The summed E-state index contributed by atoms with van der Waals surface area (Å²) < 4.78 is 0. The summed E-state index contributed by atoms with van der Waals surface area (Å²) in [6.07, 6.45) is 1.85. The topological polar surface area (TPSA) is 75.4 Å². The van der Waals surface area contributed by atoms with Crippen LogP contribution in [-0.4, -0.2) is 22.7 Å². The van der Waals surface area contributed by atoms with E-state index in [1.807, 2.05) is 13.0 Å². The van der Waals surface area contributed by atoms with Gasteiger partial charge in [0.15, 0.2) is 0 Å². The molecule has 5 heteroatoms. The molecule has 1 aromatic rings. The Kier molecular flexibility index (Phi) is 5.74. The van der Waals surface area contributed by atoms with Crippen LogP contribution in [0.3, 0.4) is 0 Å². The maximum atomic E-state index is 10.8. The highest BCUT2D eigenvalue weighted by molar-refractivity contribution is 5.35. The maximum absolute atomic E-state index is 10.8. The van der Waals surface area contributed by atoms with Gasteiger partial charge in [-0.15, -0.1) is 0 Å². The first-order valence-electron chi connectivity index (χ1n) is 6.19. The van der Waals surface area contributed by atoms with Crippen molar-refractivity contribution in [3.8, 4) is 0 Å². The van der Waals surface area contributed by atoms with E-state index in [-0.39, 0.29) is 29.3 Å². The van der Waals surface area contributed by atoms with E-state index in [9.17, 15) is 10.1 Å². The molecule has 0 saturated heterocycles. The lowest BCUT2D eigenvalue weighted by Crippen LogP contribution is -2.33. The molecular weight excluding hydrogens is 232 g/mol. The smallest absolute Gasteiger partial charge is 0.269 e. The maximum Gasteiger partial charge on any atom is 0.269 e. The summed E-state index contributed by atoms with van der Waals surface area (Å²) >= 11 is 0. The van der Waals surface area contributed by atoms with Crippen molar-refractivity contribution in [1.29, 1.82) is 0 Å². The van der Waals surface area contributed by atoms with Crippen LogP contribution in [0.1, 0.15) is 38.3 Å². The van der Waals surface area contributed by atoms with E-state index in [0.717, 1.165) is 18.4 Å². The molecule has 5 nitrogen and oxygen atoms in total. The third-order valence-electron chi connectivity index (χ3n) is 2.82. The van der Waals surface area contributed by atoms with Gasteiger partial charge >= 0.3 is 0 Å². The molecule has 0 heterocycles. The molecule has 2 atom stereocenters. The molecule has 0 radical (unpaired) electrons. The van der Waals surface area contributed by atoms with Crippen molar-refractivity contribution in [3.05, 3.63) is 39.9 Å². The highest BCUT2D eigenvalue weighted by Gasteiger charge is 2.15. The Morgan fingerprint density at radius 1 is 1.50 bits per heavy atom. The number of nitrogens with one attached hydrogen (secondary N) is 1. The summed E-state index contributed by atoms with van der Waals surface area (Å²) in [6.45, 7) is 4.00. The lowest BCUT2D eigenvalue weighted by atomic mass is 10.0. The first-order valence-corrected chi connectivity index (χ1v) is 6.19. The van der Waals surface area contributed by atoms with Crippen molar-refractivity contribution in [2.45, 2.75) is 38.8 Å². The molecule has 0 spiro atoms. The van der Waals surface area contributed by atoms with Gasteiger partial charge in [0.2, 0.25) is 0 Å². The highest BCUT2D eigenvalue weighted by Crippen LogP contribution is 2.23. The van der Waals surface area contributed by atoms with Gasteiger partial charge in [-0.1, -0.05) is 25.5 Å². The van der Waals surface area contributed by atoms with Crippen LogP contribution >= 0.6 is 0 Å². The molecule has 0 aromatic heterocycles. The number of nitrogens with zero attached hydrogens (tertiary/aromatic N) is 1. The second-order valence-corrected chi connectivity index (χ2v) is 4.44. The Labute approximate surface area is 107 Å². The molecule has 0 aliphatic heterocycles. The molecule has 0 bridgehead atoms. The van der Waals surface area contributed by atoms with Crippen LogP contribution in [-0.2, 0) is 0 Å². The number of benzene rings is 1. The first-order chi connectivity index (χ1) is 8.58. The number of hydrogen-bond donors (Lipinski definition) is 2. The zero-order valence-electron chi connectivity index (χ0n) is 10.8. The fourth-order valence-electron chi connectivity index (χ4n) is 1.89. The third-order valence-corrected chi connectivity index (χ3v) is 2.82. The summed E-state index contributed by atoms with van der Waals surface area (Å²) in [6, 6.07) is 6.67. The molecule has 1 rings (SSSR count). The van der Waals surface area contributed by atoms with Gasteiger partial charge in [-0.3, -0.25) is 10.1 Å². The molecule has 0 aliphatic carbocycles. The van der Waals surface area contributed by atoms with E-state index in [4.69, 9.17) is 5.11 Å². The van der Waals surface area contributed by atoms with Gasteiger partial charge in [-0.2, -0.15) is 0 Å². The van der Waals surface area contributed by atoms with E-state index in [2.05, 4.69) is 12.2 Å². The molecule has 0 fully saturated rings.